The van der Waals surface area contributed by atoms with Gasteiger partial charge < -0.3 is 4.90 Å². The summed E-state index contributed by atoms with van der Waals surface area (Å²) in [5.41, 5.74) is 2.92. The Bertz CT molecular complexity index is 1520. The molecular formula is C29H20BrClN2O4. The summed E-state index contributed by atoms with van der Waals surface area (Å²) < 4.78 is 0.830. The van der Waals surface area contributed by atoms with Crippen molar-refractivity contribution in [3.05, 3.63) is 99.0 Å². The standard InChI is InChI=1S/C29H20BrClN2O4/c1-15(34)16-5-11-21(12-6-16)32-28(36)24-22-13-7-17-4-10-20(31)14-23(17)33(22)26(25(24)29(32)37)27(35)18-2-8-19(30)9-3-18/h2-14,22,24-26H,1H3/t22-,24-,25+,26-/m0/s1. The molecule has 184 valence electrons. The second kappa shape index (κ2) is 8.78. The molecular weight excluding hydrogens is 556 g/mol. The van der Waals surface area contributed by atoms with Crippen molar-refractivity contribution >= 4 is 68.4 Å². The third-order valence-corrected chi connectivity index (χ3v) is 8.16. The average molecular weight is 576 g/mol. The Morgan fingerprint density at radius 1 is 0.865 bits per heavy atom. The lowest BCUT2D eigenvalue weighted by Crippen LogP contribution is -2.48. The number of benzene rings is 3. The van der Waals surface area contributed by atoms with E-state index in [1.165, 1.54) is 11.8 Å². The van der Waals surface area contributed by atoms with Crippen molar-refractivity contribution in [1.29, 1.82) is 0 Å². The predicted molar refractivity (Wildman–Crippen MR) is 145 cm³/mol. The molecule has 0 aromatic heterocycles. The molecule has 6 nitrogen and oxygen atoms in total. The lowest BCUT2D eigenvalue weighted by Gasteiger charge is -2.36. The molecule has 37 heavy (non-hydrogen) atoms. The van der Waals surface area contributed by atoms with Gasteiger partial charge in [-0.1, -0.05) is 57.9 Å². The van der Waals surface area contributed by atoms with Crippen molar-refractivity contribution in [2.24, 2.45) is 11.8 Å². The number of amides is 2. The summed E-state index contributed by atoms with van der Waals surface area (Å²) in [6.45, 7) is 1.46. The van der Waals surface area contributed by atoms with Gasteiger partial charge in [-0.15, -0.1) is 0 Å². The highest BCUT2D eigenvalue weighted by Crippen LogP contribution is 2.50. The molecule has 0 aliphatic carbocycles. The molecule has 0 spiro atoms. The number of nitrogens with zero attached hydrogens (tertiary/aromatic N) is 2. The molecule has 6 rings (SSSR count). The van der Waals surface area contributed by atoms with Crippen LogP contribution in [0.15, 0.2) is 77.3 Å². The number of hydrogen-bond donors (Lipinski definition) is 0. The van der Waals surface area contributed by atoms with Gasteiger partial charge in [0.2, 0.25) is 11.8 Å². The monoisotopic (exact) mass is 574 g/mol. The number of anilines is 2. The summed E-state index contributed by atoms with van der Waals surface area (Å²) in [5.74, 6) is -2.75. The lowest BCUT2D eigenvalue weighted by molar-refractivity contribution is -0.122. The molecule has 0 N–H and O–H groups in total. The number of Topliss-reactive ketones (excluding diaryl/α,β-unsaturated/α-hetero) is 2. The van der Waals surface area contributed by atoms with Crippen molar-refractivity contribution in [1.82, 2.24) is 0 Å². The molecule has 0 unspecified atom stereocenters. The average Bonchev–Trinajstić information content (AvgIpc) is 3.36. The number of carbonyl (C=O) groups is 4. The van der Waals surface area contributed by atoms with Crippen LogP contribution in [0, 0.1) is 11.8 Å². The van der Waals surface area contributed by atoms with Crippen LogP contribution in [0.2, 0.25) is 5.02 Å². The van der Waals surface area contributed by atoms with Crippen LogP contribution in [0.1, 0.15) is 33.2 Å². The van der Waals surface area contributed by atoms with Crippen molar-refractivity contribution in [2.75, 3.05) is 9.80 Å². The Balaban J connectivity index is 1.47. The maximum atomic E-state index is 14.0. The van der Waals surface area contributed by atoms with E-state index in [1.54, 1.807) is 60.7 Å². The number of fused-ring (bicyclic) bond motifs is 5. The van der Waals surface area contributed by atoms with Crippen LogP contribution in [0.25, 0.3) is 6.08 Å². The van der Waals surface area contributed by atoms with Crippen LogP contribution < -0.4 is 9.80 Å². The van der Waals surface area contributed by atoms with E-state index in [-0.39, 0.29) is 17.5 Å². The van der Waals surface area contributed by atoms with Crippen LogP contribution in [-0.4, -0.2) is 35.5 Å². The molecule has 2 fully saturated rings. The van der Waals surface area contributed by atoms with Gasteiger partial charge in [0.1, 0.15) is 6.04 Å². The first kappa shape index (κ1) is 23.8. The van der Waals surface area contributed by atoms with Gasteiger partial charge in [-0.25, -0.2) is 4.90 Å². The van der Waals surface area contributed by atoms with Crippen molar-refractivity contribution in [3.63, 3.8) is 0 Å². The molecule has 3 aliphatic heterocycles. The molecule has 3 aliphatic rings. The summed E-state index contributed by atoms with van der Waals surface area (Å²) in [7, 11) is 0. The van der Waals surface area contributed by atoms with Gasteiger partial charge in [0.25, 0.3) is 0 Å². The molecule has 3 aromatic rings. The molecule has 3 aromatic carbocycles. The zero-order valence-corrected chi connectivity index (χ0v) is 21.9. The second-order valence-corrected chi connectivity index (χ2v) is 10.8. The summed E-state index contributed by atoms with van der Waals surface area (Å²) in [6.07, 6.45) is 3.81. The third kappa shape index (κ3) is 3.68. The number of ketones is 2. The number of halogens is 2. The van der Waals surface area contributed by atoms with E-state index < -0.39 is 29.8 Å². The number of hydrogen-bond acceptors (Lipinski definition) is 5. The van der Waals surface area contributed by atoms with E-state index >= 15 is 0 Å². The smallest absolute Gasteiger partial charge is 0.240 e. The van der Waals surface area contributed by atoms with Gasteiger partial charge in [0.05, 0.1) is 23.6 Å². The minimum absolute atomic E-state index is 0.108. The second-order valence-electron chi connectivity index (χ2n) is 9.44. The first-order valence-electron chi connectivity index (χ1n) is 11.8. The van der Waals surface area contributed by atoms with Crippen molar-refractivity contribution < 1.29 is 19.2 Å². The van der Waals surface area contributed by atoms with Gasteiger partial charge in [0.15, 0.2) is 11.6 Å². The van der Waals surface area contributed by atoms with E-state index in [4.69, 9.17) is 11.6 Å². The molecule has 0 bridgehead atoms. The summed E-state index contributed by atoms with van der Waals surface area (Å²) in [5, 5.41) is 0.504. The molecule has 4 atom stereocenters. The lowest BCUT2D eigenvalue weighted by atomic mass is 9.86. The van der Waals surface area contributed by atoms with E-state index in [0.29, 0.717) is 21.8 Å². The first-order valence-corrected chi connectivity index (χ1v) is 13.0. The van der Waals surface area contributed by atoms with Crippen LogP contribution in [-0.2, 0) is 9.59 Å². The number of imide groups is 1. The summed E-state index contributed by atoms with van der Waals surface area (Å²) in [6, 6.07) is 17.4. The zero-order valence-electron chi connectivity index (χ0n) is 19.6. The Labute approximate surface area is 226 Å². The predicted octanol–water partition coefficient (Wildman–Crippen LogP) is 5.58. The maximum Gasteiger partial charge on any atom is 0.240 e. The van der Waals surface area contributed by atoms with Gasteiger partial charge in [-0.3, -0.25) is 19.2 Å². The van der Waals surface area contributed by atoms with Crippen LogP contribution in [0.4, 0.5) is 11.4 Å². The fraction of sp³-hybridized carbons (Fsp3) is 0.172. The number of carbonyl (C=O) groups excluding carboxylic acids is 4. The number of rotatable bonds is 4. The fourth-order valence-electron chi connectivity index (χ4n) is 5.72. The molecule has 0 saturated carbocycles. The first-order chi connectivity index (χ1) is 17.8. The fourth-order valence-corrected chi connectivity index (χ4v) is 6.15. The van der Waals surface area contributed by atoms with Gasteiger partial charge >= 0.3 is 0 Å². The molecule has 8 heteroatoms. The van der Waals surface area contributed by atoms with E-state index in [1.807, 2.05) is 23.1 Å². The highest BCUT2D eigenvalue weighted by atomic mass is 79.9. The molecule has 3 heterocycles. The van der Waals surface area contributed by atoms with E-state index in [2.05, 4.69) is 15.9 Å². The maximum absolute atomic E-state index is 14.0. The Hall–Kier alpha value is -3.55. The summed E-state index contributed by atoms with van der Waals surface area (Å²) >= 11 is 9.74. The van der Waals surface area contributed by atoms with Gasteiger partial charge in [-0.2, -0.15) is 0 Å². The van der Waals surface area contributed by atoms with Crippen molar-refractivity contribution in [2.45, 2.75) is 19.0 Å². The van der Waals surface area contributed by atoms with Crippen LogP contribution >= 0.6 is 27.5 Å². The SMILES string of the molecule is CC(=O)c1ccc(N2C(=O)[C@@H]3[C@@H](C2=O)[C@@H]2C=Cc4ccc(Cl)cc4N2[C@@H]3C(=O)c2ccc(Br)cc2)cc1. The largest absolute Gasteiger partial charge is 0.352 e. The van der Waals surface area contributed by atoms with Crippen molar-refractivity contribution in [3.8, 4) is 0 Å². The van der Waals surface area contributed by atoms with Crippen LogP contribution in [0.3, 0.4) is 0 Å². The Kier molecular flexibility index (Phi) is 5.66. The summed E-state index contributed by atoms with van der Waals surface area (Å²) in [4.78, 5) is 56.6. The highest BCUT2D eigenvalue weighted by Gasteiger charge is 2.64. The van der Waals surface area contributed by atoms with Gasteiger partial charge in [-0.05, 0) is 61.0 Å². The molecule has 2 saturated heterocycles. The molecule has 0 radical (unpaired) electrons. The normalized spacial score (nSPS) is 23.6. The quantitative estimate of drug-likeness (QED) is 0.300. The minimum atomic E-state index is -0.892. The Morgan fingerprint density at radius 2 is 1.51 bits per heavy atom. The van der Waals surface area contributed by atoms with Crippen LogP contribution in [0.5, 0.6) is 0 Å². The van der Waals surface area contributed by atoms with Gasteiger partial charge in [0, 0.05) is 26.3 Å². The highest BCUT2D eigenvalue weighted by molar-refractivity contribution is 9.10. The Morgan fingerprint density at radius 3 is 2.19 bits per heavy atom. The zero-order chi connectivity index (χ0) is 26.0. The molecule has 2 amide bonds. The minimum Gasteiger partial charge on any atom is -0.352 e. The topological polar surface area (TPSA) is 74.8 Å². The van der Waals surface area contributed by atoms with E-state index in [0.717, 1.165) is 15.7 Å². The van der Waals surface area contributed by atoms with E-state index in [9.17, 15) is 19.2 Å². The third-order valence-electron chi connectivity index (χ3n) is 7.40.